The zero-order valence-corrected chi connectivity index (χ0v) is 10.8. The first kappa shape index (κ1) is 12.4. The molecule has 0 amide bonds. The summed E-state index contributed by atoms with van der Waals surface area (Å²) in [6, 6.07) is 0.736. The summed E-state index contributed by atoms with van der Waals surface area (Å²) in [6.07, 6.45) is 9.97. The van der Waals surface area contributed by atoms with Crippen molar-refractivity contribution in [3.63, 3.8) is 0 Å². The van der Waals surface area contributed by atoms with Crippen LogP contribution in [-0.4, -0.2) is 25.7 Å². The van der Waals surface area contributed by atoms with Crippen molar-refractivity contribution >= 4 is 0 Å². The standard InChI is InChI=1S/C14H28N2/c1-2-12-7-9-16-14(10-12)11-15-8-3-4-13-5-6-13/h12-16H,2-11H2,1H3. The van der Waals surface area contributed by atoms with Crippen molar-refractivity contribution in [1.82, 2.24) is 10.6 Å². The summed E-state index contributed by atoms with van der Waals surface area (Å²) in [7, 11) is 0. The molecule has 1 heterocycles. The zero-order chi connectivity index (χ0) is 11.2. The Labute approximate surface area is 101 Å². The van der Waals surface area contributed by atoms with E-state index in [0.717, 1.165) is 17.9 Å². The Kier molecular flexibility index (Phi) is 5.11. The molecule has 0 bridgehead atoms. The van der Waals surface area contributed by atoms with Gasteiger partial charge in [-0.15, -0.1) is 0 Å². The van der Waals surface area contributed by atoms with Gasteiger partial charge in [0.25, 0.3) is 0 Å². The van der Waals surface area contributed by atoms with Crippen molar-refractivity contribution in [3.05, 3.63) is 0 Å². The zero-order valence-electron chi connectivity index (χ0n) is 10.8. The van der Waals surface area contributed by atoms with E-state index >= 15 is 0 Å². The van der Waals surface area contributed by atoms with Crippen molar-refractivity contribution in [1.29, 1.82) is 0 Å². The van der Waals surface area contributed by atoms with Crippen LogP contribution in [0.2, 0.25) is 0 Å². The van der Waals surface area contributed by atoms with E-state index in [1.807, 2.05) is 0 Å². The molecular formula is C14H28N2. The van der Waals surface area contributed by atoms with E-state index in [1.165, 1.54) is 64.6 Å². The molecule has 1 aliphatic carbocycles. The second kappa shape index (κ2) is 6.61. The molecule has 2 fully saturated rings. The van der Waals surface area contributed by atoms with Crippen LogP contribution < -0.4 is 10.6 Å². The third-order valence-corrected chi connectivity index (χ3v) is 4.23. The van der Waals surface area contributed by atoms with Gasteiger partial charge < -0.3 is 10.6 Å². The third-order valence-electron chi connectivity index (χ3n) is 4.23. The molecular weight excluding hydrogens is 196 g/mol. The second-order valence-corrected chi connectivity index (χ2v) is 5.74. The Hall–Kier alpha value is -0.0800. The molecule has 16 heavy (non-hydrogen) atoms. The molecule has 2 unspecified atom stereocenters. The van der Waals surface area contributed by atoms with Gasteiger partial charge in [-0.3, -0.25) is 0 Å². The van der Waals surface area contributed by atoms with Gasteiger partial charge >= 0.3 is 0 Å². The highest BCUT2D eigenvalue weighted by Gasteiger charge is 2.21. The monoisotopic (exact) mass is 224 g/mol. The van der Waals surface area contributed by atoms with Gasteiger partial charge in [0, 0.05) is 12.6 Å². The van der Waals surface area contributed by atoms with Gasteiger partial charge in [-0.1, -0.05) is 26.2 Å². The van der Waals surface area contributed by atoms with E-state index in [4.69, 9.17) is 0 Å². The minimum Gasteiger partial charge on any atom is -0.315 e. The van der Waals surface area contributed by atoms with Crippen LogP contribution >= 0.6 is 0 Å². The highest BCUT2D eigenvalue weighted by atomic mass is 15.0. The average Bonchev–Trinajstić information content (AvgIpc) is 3.13. The largest absolute Gasteiger partial charge is 0.315 e. The minimum absolute atomic E-state index is 0.736. The highest BCUT2D eigenvalue weighted by Crippen LogP contribution is 2.33. The molecule has 94 valence electrons. The maximum absolute atomic E-state index is 3.63. The molecule has 2 heteroatoms. The predicted octanol–water partition coefficient (Wildman–Crippen LogP) is 2.54. The Balaban J connectivity index is 1.47. The van der Waals surface area contributed by atoms with Crippen LogP contribution in [0.5, 0.6) is 0 Å². The summed E-state index contributed by atoms with van der Waals surface area (Å²) in [5.74, 6) is 2.07. The molecule has 1 saturated carbocycles. The van der Waals surface area contributed by atoms with Crippen LogP contribution in [0.1, 0.15) is 51.9 Å². The van der Waals surface area contributed by atoms with E-state index in [9.17, 15) is 0 Å². The van der Waals surface area contributed by atoms with Crippen molar-refractivity contribution < 1.29 is 0 Å². The van der Waals surface area contributed by atoms with E-state index in [2.05, 4.69) is 17.6 Å². The maximum atomic E-state index is 3.63. The van der Waals surface area contributed by atoms with Crippen molar-refractivity contribution in [2.75, 3.05) is 19.6 Å². The summed E-state index contributed by atoms with van der Waals surface area (Å²) < 4.78 is 0. The Bertz CT molecular complexity index is 189. The number of rotatable bonds is 7. The molecule has 2 N–H and O–H groups in total. The van der Waals surface area contributed by atoms with Crippen LogP contribution in [0.3, 0.4) is 0 Å². The lowest BCUT2D eigenvalue weighted by Crippen LogP contribution is -2.44. The predicted molar refractivity (Wildman–Crippen MR) is 69.6 cm³/mol. The first-order chi connectivity index (χ1) is 7.88. The lowest BCUT2D eigenvalue weighted by atomic mass is 9.90. The summed E-state index contributed by atoms with van der Waals surface area (Å²) in [5, 5.41) is 7.25. The van der Waals surface area contributed by atoms with E-state index in [0.29, 0.717) is 0 Å². The summed E-state index contributed by atoms with van der Waals surface area (Å²) in [6.45, 7) is 5.97. The molecule has 1 aliphatic heterocycles. The van der Waals surface area contributed by atoms with E-state index in [1.54, 1.807) is 0 Å². The van der Waals surface area contributed by atoms with Crippen LogP contribution in [0.15, 0.2) is 0 Å². The SMILES string of the molecule is CCC1CCNC(CNCCCC2CC2)C1. The quantitative estimate of drug-likeness (QED) is 0.649. The van der Waals surface area contributed by atoms with Crippen LogP contribution in [0.4, 0.5) is 0 Å². The third kappa shape index (κ3) is 4.42. The topological polar surface area (TPSA) is 24.1 Å². The molecule has 1 saturated heterocycles. The van der Waals surface area contributed by atoms with Crippen molar-refractivity contribution in [3.8, 4) is 0 Å². The molecule has 0 spiro atoms. The van der Waals surface area contributed by atoms with Gasteiger partial charge in [0.1, 0.15) is 0 Å². The highest BCUT2D eigenvalue weighted by molar-refractivity contribution is 4.79. The molecule has 2 nitrogen and oxygen atoms in total. The summed E-state index contributed by atoms with van der Waals surface area (Å²) in [4.78, 5) is 0. The van der Waals surface area contributed by atoms with Gasteiger partial charge in [-0.2, -0.15) is 0 Å². The Morgan fingerprint density at radius 2 is 2.06 bits per heavy atom. The fourth-order valence-corrected chi connectivity index (χ4v) is 2.82. The number of hydrogen-bond donors (Lipinski definition) is 2. The van der Waals surface area contributed by atoms with Gasteiger partial charge in [-0.05, 0) is 50.6 Å². The Morgan fingerprint density at radius 3 is 2.81 bits per heavy atom. The minimum atomic E-state index is 0.736. The van der Waals surface area contributed by atoms with Crippen LogP contribution in [0, 0.1) is 11.8 Å². The van der Waals surface area contributed by atoms with Gasteiger partial charge in [0.2, 0.25) is 0 Å². The van der Waals surface area contributed by atoms with Gasteiger partial charge in [0.15, 0.2) is 0 Å². The van der Waals surface area contributed by atoms with E-state index < -0.39 is 0 Å². The second-order valence-electron chi connectivity index (χ2n) is 5.74. The van der Waals surface area contributed by atoms with Crippen molar-refractivity contribution in [2.45, 2.75) is 57.9 Å². The molecule has 0 aromatic rings. The number of hydrogen-bond acceptors (Lipinski definition) is 2. The van der Waals surface area contributed by atoms with E-state index in [-0.39, 0.29) is 0 Å². The molecule has 0 aromatic heterocycles. The molecule has 2 aliphatic rings. The van der Waals surface area contributed by atoms with Crippen molar-refractivity contribution in [2.24, 2.45) is 11.8 Å². The first-order valence-electron chi connectivity index (χ1n) is 7.32. The fourth-order valence-electron chi connectivity index (χ4n) is 2.82. The smallest absolute Gasteiger partial charge is 0.0195 e. The normalized spacial score (nSPS) is 30.6. The van der Waals surface area contributed by atoms with Gasteiger partial charge in [-0.25, -0.2) is 0 Å². The fraction of sp³-hybridized carbons (Fsp3) is 1.00. The van der Waals surface area contributed by atoms with Crippen LogP contribution in [-0.2, 0) is 0 Å². The molecule has 2 atom stereocenters. The Morgan fingerprint density at radius 1 is 1.19 bits per heavy atom. The molecule has 2 rings (SSSR count). The van der Waals surface area contributed by atoms with Gasteiger partial charge in [0.05, 0.1) is 0 Å². The summed E-state index contributed by atoms with van der Waals surface area (Å²) in [5.41, 5.74) is 0. The molecule has 0 aromatic carbocycles. The first-order valence-corrected chi connectivity index (χ1v) is 7.32. The maximum Gasteiger partial charge on any atom is 0.0195 e. The van der Waals surface area contributed by atoms with Crippen LogP contribution in [0.25, 0.3) is 0 Å². The lowest BCUT2D eigenvalue weighted by Gasteiger charge is -2.30. The lowest BCUT2D eigenvalue weighted by molar-refractivity contribution is 0.288. The number of nitrogens with one attached hydrogen (secondary N) is 2. The number of piperidine rings is 1. The summed E-state index contributed by atoms with van der Waals surface area (Å²) >= 11 is 0. The average molecular weight is 224 g/mol. The molecule has 0 radical (unpaired) electrons.